The van der Waals surface area contributed by atoms with Gasteiger partial charge in [-0.1, -0.05) is 11.6 Å². The maximum atomic E-state index is 12.0. The van der Waals surface area contributed by atoms with Gasteiger partial charge in [0.15, 0.2) is 0 Å². The van der Waals surface area contributed by atoms with Crippen molar-refractivity contribution in [3.8, 4) is 5.75 Å². The number of benzene rings is 1. The van der Waals surface area contributed by atoms with Gasteiger partial charge in [0.1, 0.15) is 5.75 Å². The van der Waals surface area contributed by atoms with Crippen LogP contribution in [0, 0.1) is 0 Å². The highest BCUT2D eigenvalue weighted by Crippen LogP contribution is 2.23. The Labute approximate surface area is 126 Å². The van der Waals surface area contributed by atoms with Gasteiger partial charge < -0.3 is 10.8 Å². The number of phenolic OH excluding ortho intramolecular Hbond substituents is 1. The highest BCUT2D eigenvalue weighted by Gasteiger charge is 2.14. The first kappa shape index (κ1) is 15.1. The van der Waals surface area contributed by atoms with Gasteiger partial charge in [-0.15, -0.1) is 11.3 Å². The summed E-state index contributed by atoms with van der Waals surface area (Å²) in [5.74, 6) is -0.142. The molecular formula is C12H13ClN2O3S2. The Kier molecular flexibility index (Phi) is 4.54. The van der Waals surface area contributed by atoms with Crippen LogP contribution in [0.2, 0.25) is 4.34 Å². The molecule has 2 aromatic rings. The van der Waals surface area contributed by atoms with E-state index < -0.39 is 10.0 Å². The van der Waals surface area contributed by atoms with Gasteiger partial charge in [-0.05, 0) is 36.8 Å². The van der Waals surface area contributed by atoms with Gasteiger partial charge in [0.2, 0.25) is 10.0 Å². The first-order valence-electron chi connectivity index (χ1n) is 5.71. The summed E-state index contributed by atoms with van der Waals surface area (Å²) in [7, 11) is -3.63. The van der Waals surface area contributed by atoms with Crippen LogP contribution in [0.1, 0.15) is 4.88 Å². The molecular weight excluding hydrogens is 320 g/mol. The Morgan fingerprint density at radius 1 is 1.30 bits per heavy atom. The molecule has 5 nitrogen and oxygen atoms in total. The minimum Gasteiger partial charge on any atom is -0.506 e. The van der Waals surface area contributed by atoms with E-state index in [1.54, 1.807) is 6.07 Å². The maximum Gasteiger partial charge on any atom is 0.240 e. The standard InChI is InChI=1S/C12H13ClN2O3S2/c13-12-4-1-8(19-12)5-6-15-20(17,18)9-2-3-11(16)10(14)7-9/h1-4,7,15-16H,5-6,14H2. The average Bonchev–Trinajstić information content (AvgIpc) is 2.78. The molecule has 0 aliphatic carbocycles. The zero-order chi connectivity index (χ0) is 14.8. The third-order valence-electron chi connectivity index (χ3n) is 2.60. The Balaban J connectivity index is 2.02. The van der Waals surface area contributed by atoms with Crippen LogP contribution in [-0.2, 0) is 16.4 Å². The lowest BCUT2D eigenvalue weighted by molar-refractivity contribution is 0.477. The Bertz CT molecular complexity index is 713. The van der Waals surface area contributed by atoms with Gasteiger partial charge in [0, 0.05) is 11.4 Å². The van der Waals surface area contributed by atoms with Gasteiger partial charge in [0.05, 0.1) is 14.9 Å². The quantitative estimate of drug-likeness (QED) is 0.578. The molecule has 2 rings (SSSR count). The molecule has 0 unspecified atom stereocenters. The van der Waals surface area contributed by atoms with E-state index in [4.69, 9.17) is 17.3 Å². The molecule has 1 aromatic carbocycles. The Morgan fingerprint density at radius 3 is 2.65 bits per heavy atom. The summed E-state index contributed by atoms with van der Waals surface area (Å²) in [4.78, 5) is 1.03. The van der Waals surface area contributed by atoms with Gasteiger partial charge in [-0.25, -0.2) is 13.1 Å². The fourth-order valence-electron chi connectivity index (χ4n) is 1.58. The molecule has 0 spiro atoms. The van der Waals surface area contributed by atoms with Crippen molar-refractivity contribution < 1.29 is 13.5 Å². The minimum atomic E-state index is -3.63. The Morgan fingerprint density at radius 2 is 2.05 bits per heavy atom. The number of nitrogen functional groups attached to an aromatic ring is 1. The largest absolute Gasteiger partial charge is 0.506 e. The fourth-order valence-corrected chi connectivity index (χ4v) is 3.73. The molecule has 0 fully saturated rings. The highest BCUT2D eigenvalue weighted by molar-refractivity contribution is 7.89. The zero-order valence-electron chi connectivity index (χ0n) is 10.3. The summed E-state index contributed by atoms with van der Waals surface area (Å²) < 4.78 is 27.2. The second kappa shape index (κ2) is 6.01. The van der Waals surface area contributed by atoms with E-state index >= 15 is 0 Å². The first-order chi connectivity index (χ1) is 9.38. The Hall–Kier alpha value is -1.28. The van der Waals surface area contributed by atoms with Crippen molar-refractivity contribution in [1.82, 2.24) is 4.72 Å². The van der Waals surface area contributed by atoms with Crippen LogP contribution < -0.4 is 10.5 Å². The van der Waals surface area contributed by atoms with Crippen molar-refractivity contribution in [1.29, 1.82) is 0 Å². The number of aromatic hydroxyl groups is 1. The number of sulfonamides is 1. The van der Waals surface area contributed by atoms with E-state index in [0.29, 0.717) is 10.8 Å². The summed E-state index contributed by atoms with van der Waals surface area (Å²) in [6.45, 7) is 0.264. The smallest absolute Gasteiger partial charge is 0.240 e. The summed E-state index contributed by atoms with van der Waals surface area (Å²) in [5, 5.41) is 9.29. The van der Waals surface area contributed by atoms with Crippen LogP contribution in [0.5, 0.6) is 5.75 Å². The second-order valence-corrected chi connectivity index (χ2v) is 7.64. The summed E-state index contributed by atoms with van der Waals surface area (Å²) in [6.07, 6.45) is 0.560. The van der Waals surface area contributed by atoms with Crippen LogP contribution in [0.4, 0.5) is 5.69 Å². The van der Waals surface area contributed by atoms with E-state index in [1.165, 1.54) is 29.5 Å². The van der Waals surface area contributed by atoms with E-state index in [1.807, 2.05) is 6.07 Å². The van der Waals surface area contributed by atoms with Crippen LogP contribution in [0.15, 0.2) is 35.2 Å². The van der Waals surface area contributed by atoms with Gasteiger partial charge in [-0.3, -0.25) is 0 Å². The van der Waals surface area contributed by atoms with Crippen molar-refractivity contribution in [3.05, 3.63) is 39.5 Å². The molecule has 1 aromatic heterocycles. The fraction of sp³-hybridized carbons (Fsp3) is 0.167. The molecule has 0 radical (unpaired) electrons. The molecule has 0 bridgehead atoms. The predicted octanol–water partition coefficient (Wildman–Crippen LogP) is 2.21. The topological polar surface area (TPSA) is 92.4 Å². The lowest BCUT2D eigenvalue weighted by Gasteiger charge is -2.07. The number of hydrogen-bond acceptors (Lipinski definition) is 5. The van der Waals surface area contributed by atoms with E-state index in [2.05, 4.69) is 4.72 Å². The van der Waals surface area contributed by atoms with Crippen LogP contribution in [0.3, 0.4) is 0 Å². The molecule has 4 N–H and O–H groups in total. The molecule has 0 aliphatic heterocycles. The maximum absolute atomic E-state index is 12.0. The van der Waals surface area contributed by atoms with Crippen LogP contribution >= 0.6 is 22.9 Å². The minimum absolute atomic E-state index is 0.0250. The SMILES string of the molecule is Nc1cc(S(=O)(=O)NCCc2ccc(Cl)s2)ccc1O. The number of nitrogens with one attached hydrogen (secondary N) is 1. The average molecular weight is 333 g/mol. The highest BCUT2D eigenvalue weighted by atomic mass is 35.5. The summed E-state index contributed by atoms with van der Waals surface area (Å²) in [6, 6.07) is 7.41. The summed E-state index contributed by atoms with van der Waals surface area (Å²) >= 11 is 7.22. The molecule has 0 aliphatic rings. The van der Waals surface area contributed by atoms with Crippen molar-refractivity contribution in [2.45, 2.75) is 11.3 Å². The molecule has 108 valence electrons. The number of anilines is 1. The van der Waals surface area contributed by atoms with Gasteiger partial charge in [0.25, 0.3) is 0 Å². The second-order valence-electron chi connectivity index (χ2n) is 4.07. The lowest BCUT2D eigenvalue weighted by Crippen LogP contribution is -2.25. The predicted molar refractivity (Wildman–Crippen MR) is 80.7 cm³/mol. The zero-order valence-corrected chi connectivity index (χ0v) is 12.7. The van der Waals surface area contributed by atoms with Crippen molar-refractivity contribution in [2.75, 3.05) is 12.3 Å². The number of hydrogen-bond donors (Lipinski definition) is 3. The van der Waals surface area contributed by atoms with E-state index in [-0.39, 0.29) is 22.9 Å². The number of thiophene rings is 1. The lowest BCUT2D eigenvalue weighted by atomic mass is 10.3. The van der Waals surface area contributed by atoms with Crippen molar-refractivity contribution in [3.63, 3.8) is 0 Å². The van der Waals surface area contributed by atoms with Crippen LogP contribution in [-0.4, -0.2) is 20.1 Å². The molecule has 20 heavy (non-hydrogen) atoms. The normalized spacial score (nSPS) is 11.7. The number of halogens is 1. The van der Waals surface area contributed by atoms with E-state index in [0.717, 1.165) is 4.88 Å². The number of nitrogens with two attached hydrogens (primary N) is 1. The van der Waals surface area contributed by atoms with Gasteiger partial charge in [-0.2, -0.15) is 0 Å². The number of rotatable bonds is 5. The number of phenols is 1. The van der Waals surface area contributed by atoms with Crippen molar-refractivity contribution >= 4 is 38.6 Å². The third-order valence-corrected chi connectivity index (χ3v) is 5.35. The van der Waals surface area contributed by atoms with Crippen LogP contribution in [0.25, 0.3) is 0 Å². The first-order valence-corrected chi connectivity index (χ1v) is 8.38. The molecule has 0 amide bonds. The molecule has 0 saturated heterocycles. The molecule has 1 heterocycles. The monoisotopic (exact) mass is 332 g/mol. The van der Waals surface area contributed by atoms with E-state index in [9.17, 15) is 13.5 Å². The summed E-state index contributed by atoms with van der Waals surface area (Å²) in [5.41, 5.74) is 5.51. The molecule has 0 atom stereocenters. The van der Waals surface area contributed by atoms with Crippen molar-refractivity contribution in [2.24, 2.45) is 0 Å². The third kappa shape index (κ3) is 3.63. The molecule has 8 heteroatoms. The molecule has 0 saturated carbocycles. The van der Waals surface area contributed by atoms with Gasteiger partial charge >= 0.3 is 0 Å².